The van der Waals surface area contributed by atoms with Crippen LogP contribution in [-0.2, 0) is 4.79 Å². The summed E-state index contributed by atoms with van der Waals surface area (Å²) < 4.78 is 10.7. The molecule has 2 heterocycles. The van der Waals surface area contributed by atoms with Gasteiger partial charge in [0.25, 0.3) is 0 Å². The second kappa shape index (κ2) is 6.21. The zero-order valence-corrected chi connectivity index (χ0v) is 13.7. The third kappa shape index (κ3) is 3.09. The standard InChI is InChI=1S/C16H15N3O3S/c1-9(20)17-16-19-14(8-23-16)13-7-15(22-3)11-5-4-10(21-2)6-12(11)18-13/h4-8H,1-3H3,(H,17,19,20). The summed E-state index contributed by atoms with van der Waals surface area (Å²) in [5, 5.41) is 5.95. The lowest BCUT2D eigenvalue weighted by molar-refractivity contribution is -0.114. The van der Waals surface area contributed by atoms with Gasteiger partial charge in [-0.2, -0.15) is 0 Å². The predicted molar refractivity (Wildman–Crippen MR) is 90.3 cm³/mol. The SMILES string of the molecule is COc1ccc2c(OC)cc(-c3csc(NC(C)=O)n3)nc2c1. The maximum Gasteiger partial charge on any atom is 0.223 e. The first-order chi connectivity index (χ1) is 11.1. The molecule has 0 aliphatic carbocycles. The number of hydrogen-bond donors (Lipinski definition) is 1. The number of pyridine rings is 1. The van der Waals surface area contributed by atoms with E-state index >= 15 is 0 Å². The largest absolute Gasteiger partial charge is 0.497 e. The zero-order chi connectivity index (χ0) is 16.4. The molecule has 0 bridgehead atoms. The Hall–Kier alpha value is -2.67. The molecule has 3 rings (SSSR count). The van der Waals surface area contributed by atoms with Gasteiger partial charge in [0.2, 0.25) is 5.91 Å². The van der Waals surface area contributed by atoms with E-state index in [0.29, 0.717) is 22.3 Å². The van der Waals surface area contributed by atoms with Crippen molar-refractivity contribution in [3.8, 4) is 22.9 Å². The minimum Gasteiger partial charge on any atom is -0.497 e. The number of hydrogen-bond acceptors (Lipinski definition) is 6. The number of aromatic nitrogens is 2. The van der Waals surface area contributed by atoms with Crippen molar-refractivity contribution in [2.45, 2.75) is 6.92 Å². The molecule has 7 heteroatoms. The maximum absolute atomic E-state index is 11.1. The maximum atomic E-state index is 11.1. The Bertz CT molecular complexity index is 876. The van der Waals surface area contributed by atoms with E-state index in [0.717, 1.165) is 16.7 Å². The van der Waals surface area contributed by atoms with Crippen LogP contribution in [0.5, 0.6) is 11.5 Å². The summed E-state index contributed by atoms with van der Waals surface area (Å²) in [5.74, 6) is 1.28. The van der Waals surface area contributed by atoms with Gasteiger partial charge in [-0.15, -0.1) is 11.3 Å². The second-order valence-corrected chi connectivity index (χ2v) is 5.67. The van der Waals surface area contributed by atoms with Gasteiger partial charge in [0.15, 0.2) is 5.13 Å². The molecule has 0 spiro atoms. The molecule has 6 nitrogen and oxygen atoms in total. The molecule has 0 atom stereocenters. The summed E-state index contributed by atoms with van der Waals surface area (Å²) in [4.78, 5) is 20.1. The van der Waals surface area contributed by atoms with Crippen molar-refractivity contribution in [3.63, 3.8) is 0 Å². The normalized spacial score (nSPS) is 10.6. The lowest BCUT2D eigenvalue weighted by Crippen LogP contribution is -2.05. The highest BCUT2D eigenvalue weighted by Crippen LogP contribution is 2.32. The Morgan fingerprint density at radius 1 is 1.13 bits per heavy atom. The van der Waals surface area contributed by atoms with Crippen LogP contribution in [0.1, 0.15) is 6.92 Å². The fourth-order valence-electron chi connectivity index (χ4n) is 2.20. The predicted octanol–water partition coefficient (Wildman–Crippen LogP) is 3.33. The summed E-state index contributed by atoms with van der Waals surface area (Å²) >= 11 is 1.35. The molecule has 3 aromatic rings. The zero-order valence-electron chi connectivity index (χ0n) is 12.9. The highest BCUT2D eigenvalue weighted by molar-refractivity contribution is 7.14. The second-order valence-electron chi connectivity index (χ2n) is 4.81. The number of ether oxygens (including phenoxy) is 2. The number of fused-ring (bicyclic) bond motifs is 1. The van der Waals surface area contributed by atoms with Gasteiger partial charge >= 0.3 is 0 Å². The van der Waals surface area contributed by atoms with E-state index in [-0.39, 0.29) is 5.91 Å². The molecule has 0 unspecified atom stereocenters. The van der Waals surface area contributed by atoms with E-state index in [4.69, 9.17) is 9.47 Å². The number of anilines is 1. The lowest BCUT2D eigenvalue weighted by atomic mass is 10.1. The quantitative estimate of drug-likeness (QED) is 0.795. The van der Waals surface area contributed by atoms with E-state index in [9.17, 15) is 4.79 Å². The third-order valence-corrected chi connectivity index (χ3v) is 4.01. The Labute approximate surface area is 137 Å². The number of methoxy groups -OCH3 is 2. The number of amides is 1. The molecule has 0 saturated carbocycles. The number of benzene rings is 1. The first kappa shape index (κ1) is 15.2. The van der Waals surface area contributed by atoms with Crippen molar-refractivity contribution >= 4 is 33.3 Å². The van der Waals surface area contributed by atoms with E-state index in [1.54, 1.807) is 14.2 Å². The van der Waals surface area contributed by atoms with Gasteiger partial charge in [-0.25, -0.2) is 9.97 Å². The van der Waals surface area contributed by atoms with Crippen molar-refractivity contribution in [1.82, 2.24) is 9.97 Å². The van der Waals surface area contributed by atoms with E-state index < -0.39 is 0 Å². The molecule has 1 N–H and O–H groups in total. The molecule has 118 valence electrons. The van der Waals surface area contributed by atoms with Gasteiger partial charge in [-0.1, -0.05) is 0 Å². The van der Waals surface area contributed by atoms with Crippen molar-refractivity contribution in [1.29, 1.82) is 0 Å². The molecule has 0 aliphatic heterocycles. The highest BCUT2D eigenvalue weighted by atomic mass is 32.1. The van der Waals surface area contributed by atoms with Crippen molar-refractivity contribution < 1.29 is 14.3 Å². The minimum absolute atomic E-state index is 0.153. The number of thiazole rings is 1. The van der Waals surface area contributed by atoms with Crippen LogP contribution < -0.4 is 14.8 Å². The molecular weight excluding hydrogens is 314 g/mol. The van der Waals surface area contributed by atoms with Crippen LogP contribution in [0.15, 0.2) is 29.6 Å². The van der Waals surface area contributed by atoms with Gasteiger partial charge < -0.3 is 14.8 Å². The molecule has 1 amide bonds. The average Bonchev–Trinajstić information content (AvgIpc) is 3.00. The Morgan fingerprint density at radius 3 is 2.65 bits per heavy atom. The number of rotatable bonds is 4. The van der Waals surface area contributed by atoms with Gasteiger partial charge in [0.05, 0.1) is 25.4 Å². The monoisotopic (exact) mass is 329 g/mol. The van der Waals surface area contributed by atoms with Gasteiger partial charge in [0.1, 0.15) is 17.2 Å². The van der Waals surface area contributed by atoms with E-state index in [1.165, 1.54) is 18.3 Å². The number of nitrogens with one attached hydrogen (secondary N) is 1. The van der Waals surface area contributed by atoms with Gasteiger partial charge in [0, 0.05) is 29.8 Å². The van der Waals surface area contributed by atoms with Gasteiger partial charge in [-0.3, -0.25) is 4.79 Å². The smallest absolute Gasteiger partial charge is 0.223 e. The van der Waals surface area contributed by atoms with Crippen LogP contribution in [-0.4, -0.2) is 30.1 Å². The van der Waals surface area contributed by atoms with Crippen molar-refractivity contribution in [2.75, 3.05) is 19.5 Å². The van der Waals surface area contributed by atoms with E-state index in [1.807, 2.05) is 29.6 Å². The van der Waals surface area contributed by atoms with Crippen LogP contribution in [0.4, 0.5) is 5.13 Å². The van der Waals surface area contributed by atoms with Crippen molar-refractivity contribution in [3.05, 3.63) is 29.6 Å². The van der Waals surface area contributed by atoms with Crippen LogP contribution >= 0.6 is 11.3 Å². The van der Waals surface area contributed by atoms with Gasteiger partial charge in [-0.05, 0) is 12.1 Å². The average molecular weight is 329 g/mol. The van der Waals surface area contributed by atoms with E-state index in [2.05, 4.69) is 15.3 Å². The minimum atomic E-state index is -0.153. The molecule has 0 radical (unpaired) electrons. The fourth-order valence-corrected chi connectivity index (χ4v) is 2.95. The Morgan fingerprint density at radius 2 is 1.96 bits per heavy atom. The summed E-state index contributed by atoms with van der Waals surface area (Å²) in [7, 11) is 3.23. The van der Waals surface area contributed by atoms with Crippen LogP contribution in [0.25, 0.3) is 22.3 Å². The molecule has 0 saturated heterocycles. The summed E-state index contributed by atoms with van der Waals surface area (Å²) in [6, 6.07) is 7.46. The molecular formula is C16H15N3O3S. The molecule has 2 aromatic heterocycles. The molecule has 1 aromatic carbocycles. The number of carbonyl (C=O) groups is 1. The summed E-state index contributed by atoms with van der Waals surface area (Å²) in [6.45, 7) is 1.45. The van der Waals surface area contributed by atoms with Crippen LogP contribution in [0.3, 0.4) is 0 Å². The summed E-state index contributed by atoms with van der Waals surface area (Å²) in [5.41, 5.74) is 2.12. The fraction of sp³-hybridized carbons (Fsp3) is 0.188. The third-order valence-electron chi connectivity index (χ3n) is 3.25. The van der Waals surface area contributed by atoms with Crippen LogP contribution in [0, 0.1) is 0 Å². The lowest BCUT2D eigenvalue weighted by Gasteiger charge is -2.08. The molecule has 23 heavy (non-hydrogen) atoms. The Kier molecular flexibility index (Phi) is 4.12. The number of nitrogens with zero attached hydrogens (tertiary/aromatic N) is 2. The molecule has 0 fully saturated rings. The topological polar surface area (TPSA) is 73.3 Å². The summed E-state index contributed by atoms with van der Waals surface area (Å²) in [6.07, 6.45) is 0. The first-order valence-corrected chi connectivity index (χ1v) is 7.75. The van der Waals surface area contributed by atoms with Crippen molar-refractivity contribution in [2.24, 2.45) is 0 Å². The highest BCUT2D eigenvalue weighted by Gasteiger charge is 2.12. The van der Waals surface area contributed by atoms with Crippen LogP contribution in [0.2, 0.25) is 0 Å². The Balaban J connectivity index is 2.09. The first-order valence-electron chi connectivity index (χ1n) is 6.87. The number of carbonyl (C=O) groups excluding carboxylic acids is 1. The molecule has 0 aliphatic rings.